The minimum atomic E-state index is -1.25. The van der Waals surface area contributed by atoms with Crippen molar-refractivity contribution < 1.29 is 19.5 Å². The molecule has 0 radical (unpaired) electrons. The summed E-state index contributed by atoms with van der Waals surface area (Å²) in [5.41, 5.74) is -0.583. The first-order valence-electron chi connectivity index (χ1n) is 10.2. The van der Waals surface area contributed by atoms with E-state index in [4.69, 9.17) is 0 Å². The van der Waals surface area contributed by atoms with Crippen LogP contribution in [0.5, 0.6) is 0 Å². The third-order valence-corrected chi connectivity index (χ3v) is 3.46. The summed E-state index contributed by atoms with van der Waals surface area (Å²) in [6.45, 7) is 6.90. The Balaban J connectivity index is 4.68. The number of aliphatic carboxylic acids is 1. The van der Waals surface area contributed by atoms with Crippen LogP contribution in [-0.4, -0.2) is 28.8 Å². The molecule has 0 saturated heterocycles. The van der Waals surface area contributed by atoms with Crippen LogP contribution in [0.4, 0.5) is 0 Å². The van der Waals surface area contributed by atoms with Gasteiger partial charge in [-0.1, -0.05) is 26.7 Å². The van der Waals surface area contributed by atoms with Gasteiger partial charge < -0.3 is 10.4 Å². The molecule has 0 heterocycles. The smallest absolute Gasteiger partial charge is 0.326 e. The summed E-state index contributed by atoms with van der Waals surface area (Å²) in [6, 6.07) is -1.22. The first-order chi connectivity index (χ1) is 17.2. The molecule has 0 aliphatic rings. The number of hydrogen-bond donors (Lipinski definition) is 2. The Morgan fingerprint density at radius 3 is 1.36 bits per heavy atom. The number of carboxylic acid groups (broad SMARTS) is 1. The fourth-order valence-electron chi connectivity index (χ4n) is 1.75. The van der Waals surface area contributed by atoms with Crippen molar-refractivity contribution in [3.8, 4) is 118 Å². The highest BCUT2D eigenvalue weighted by Gasteiger charge is 2.25. The molecule has 0 aliphatic heterocycles. The molecular weight excluding hydrogens is 450 g/mol. The summed E-state index contributed by atoms with van der Waals surface area (Å²) in [5, 5.41) is 11.4. The predicted molar refractivity (Wildman–Crippen MR) is 137 cm³/mol. The number of nitrogens with one attached hydrogen (secondary N) is 1. The number of amides is 1. The van der Waals surface area contributed by atoms with Crippen molar-refractivity contribution in [2.75, 3.05) is 0 Å². The maximum atomic E-state index is 11.9. The van der Waals surface area contributed by atoms with Gasteiger partial charge in [-0.15, -0.1) is 0 Å². The summed E-state index contributed by atoms with van der Waals surface area (Å²) in [6.07, 6.45) is -0.00678. The number of ketones is 1. The second-order valence-electron chi connectivity index (χ2n) is 7.20. The van der Waals surface area contributed by atoms with Crippen LogP contribution in [-0.2, 0) is 14.4 Å². The minimum Gasteiger partial charge on any atom is -0.480 e. The molecule has 1 amide bonds. The first kappa shape index (κ1) is 30.2. The Morgan fingerprint density at radius 2 is 1.03 bits per heavy atom. The highest BCUT2D eigenvalue weighted by Crippen LogP contribution is 2.18. The summed E-state index contributed by atoms with van der Waals surface area (Å²) in [4.78, 5) is 35.0. The molecule has 0 unspecified atom stereocenters. The van der Waals surface area contributed by atoms with Crippen molar-refractivity contribution in [2.45, 2.75) is 46.6 Å². The maximum absolute atomic E-state index is 11.9. The van der Waals surface area contributed by atoms with Gasteiger partial charge in [0.05, 0.1) is 0 Å². The van der Waals surface area contributed by atoms with Crippen molar-refractivity contribution in [1.82, 2.24) is 5.32 Å². The van der Waals surface area contributed by atoms with Gasteiger partial charge in [0.2, 0.25) is 0 Å². The number of hydrogen-bond acceptors (Lipinski definition) is 3. The molecule has 0 bridgehead atoms. The van der Waals surface area contributed by atoms with Crippen LogP contribution in [0.3, 0.4) is 0 Å². The van der Waals surface area contributed by atoms with Crippen molar-refractivity contribution in [3.63, 3.8) is 0 Å². The lowest BCUT2D eigenvalue weighted by Gasteiger charge is -2.18. The SMILES string of the molecule is CC#CC#CC#CC#CC#CC#CC#CC#CC#CC#CC(=O)N[C@@H](CCC(=O)C(C)(C)C)C(=O)O. The van der Waals surface area contributed by atoms with Gasteiger partial charge >= 0.3 is 5.97 Å². The number of carbonyl (C=O) groups excluding carboxylic acids is 2. The molecule has 5 heteroatoms. The maximum Gasteiger partial charge on any atom is 0.326 e. The van der Waals surface area contributed by atoms with Gasteiger partial charge in [0, 0.05) is 29.6 Å². The summed E-state index contributed by atoms with van der Waals surface area (Å²) in [5.74, 6) is 46.6. The molecular formula is C31H19NO4. The molecule has 0 aromatic rings. The monoisotopic (exact) mass is 469 g/mol. The zero-order valence-electron chi connectivity index (χ0n) is 20.2. The zero-order valence-corrected chi connectivity index (χ0v) is 20.2. The molecule has 5 nitrogen and oxygen atoms in total. The Hall–Kier alpha value is -5.79. The average Bonchev–Trinajstić information content (AvgIpc) is 2.82. The standard InChI is InChI=1S/C31H19NO4/c1-5-6-7-8-9-10-11-12-13-14-15-16-17-18-19-20-21-22-23-24-29(34)32-27(30(35)36)25-26-28(33)31(2,3)4/h27H,25-26H2,1-4H3,(H,32,34)(H,35,36)/t27-/m0/s1. The Morgan fingerprint density at radius 1 is 0.667 bits per heavy atom. The van der Waals surface area contributed by atoms with Crippen LogP contribution in [0, 0.1) is 124 Å². The molecule has 0 rings (SSSR count). The van der Waals surface area contributed by atoms with E-state index >= 15 is 0 Å². The molecule has 172 valence electrons. The van der Waals surface area contributed by atoms with E-state index in [1.807, 2.05) is 0 Å². The van der Waals surface area contributed by atoms with Crippen LogP contribution in [0.15, 0.2) is 0 Å². The lowest BCUT2D eigenvalue weighted by atomic mass is 9.87. The van der Waals surface area contributed by atoms with Crippen molar-refractivity contribution in [2.24, 2.45) is 5.41 Å². The van der Waals surface area contributed by atoms with Gasteiger partial charge in [-0.3, -0.25) is 9.59 Å². The largest absolute Gasteiger partial charge is 0.480 e. The highest BCUT2D eigenvalue weighted by molar-refractivity contribution is 5.96. The van der Waals surface area contributed by atoms with Gasteiger partial charge in [-0.2, -0.15) is 0 Å². The van der Waals surface area contributed by atoms with E-state index in [0.29, 0.717) is 0 Å². The quantitative estimate of drug-likeness (QED) is 0.589. The van der Waals surface area contributed by atoms with E-state index < -0.39 is 23.3 Å². The number of rotatable bonds is 5. The lowest BCUT2D eigenvalue weighted by Crippen LogP contribution is -2.41. The molecule has 0 aliphatic carbocycles. The Kier molecular flexibility index (Phi) is 15.7. The Labute approximate surface area is 213 Å². The number of Topliss-reactive ketones (excluding diaryl/α,β-unsaturated/α-hetero) is 1. The van der Waals surface area contributed by atoms with E-state index in [9.17, 15) is 19.5 Å². The molecule has 0 aromatic carbocycles. The van der Waals surface area contributed by atoms with E-state index in [0.717, 1.165) is 0 Å². The summed E-state index contributed by atoms with van der Waals surface area (Å²) < 4.78 is 0. The molecule has 0 spiro atoms. The van der Waals surface area contributed by atoms with E-state index in [1.54, 1.807) is 27.7 Å². The fraction of sp³-hybridized carbons (Fsp3) is 0.258. The van der Waals surface area contributed by atoms with Gasteiger partial charge in [-0.25, -0.2) is 4.79 Å². The predicted octanol–water partition coefficient (Wildman–Crippen LogP) is 1.01. The lowest BCUT2D eigenvalue weighted by molar-refractivity contribution is -0.141. The first-order valence-corrected chi connectivity index (χ1v) is 10.2. The van der Waals surface area contributed by atoms with Crippen molar-refractivity contribution >= 4 is 17.7 Å². The second kappa shape index (κ2) is 18.8. The normalized spacial score (nSPS) is 8.00. The molecule has 0 fully saturated rings. The van der Waals surface area contributed by atoms with E-state index in [-0.39, 0.29) is 18.6 Å². The summed E-state index contributed by atoms with van der Waals surface area (Å²) in [7, 11) is 0. The van der Waals surface area contributed by atoms with E-state index in [1.165, 1.54) is 0 Å². The second-order valence-corrected chi connectivity index (χ2v) is 7.20. The van der Waals surface area contributed by atoms with Crippen molar-refractivity contribution in [1.29, 1.82) is 0 Å². The Bertz CT molecular complexity index is 1520. The molecule has 0 saturated carbocycles. The van der Waals surface area contributed by atoms with Gasteiger partial charge in [0.15, 0.2) is 0 Å². The van der Waals surface area contributed by atoms with Gasteiger partial charge in [-0.05, 0) is 108 Å². The molecule has 2 N–H and O–H groups in total. The third kappa shape index (κ3) is 17.8. The fourth-order valence-corrected chi connectivity index (χ4v) is 1.75. The van der Waals surface area contributed by atoms with E-state index in [2.05, 4.69) is 124 Å². The van der Waals surface area contributed by atoms with Crippen LogP contribution in [0.2, 0.25) is 0 Å². The third-order valence-electron chi connectivity index (χ3n) is 3.46. The van der Waals surface area contributed by atoms with Crippen LogP contribution in [0.1, 0.15) is 40.5 Å². The number of carbonyl (C=O) groups is 3. The van der Waals surface area contributed by atoms with Gasteiger partial charge in [0.25, 0.3) is 5.91 Å². The number of carboxylic acids is 1. The average molecular weight is 469 g/mol. The van der Waals surface area contributed by atoms with Crippen LogP contribution < -0.4 is 5.32 Å². The molecule has 0 aromatic heterocycles. The van der Waals surface area contributed by atoms with Crippen molar-refractivity contribution in [3.05, 3.63) is 0 Å². The van der Waals surface area contributed by atoms with Gasteiger partial charge in [0.1, 0.15) is 11.8 Å². The topological polar surface area (TPSA) is 83.5 Å². The minimum absolute atomic E-state index is 0.0246. The highest BCUT2D eigenvalue weighted by atomic mass is 16.4. The molecule has 36 heavy (non-hydrogen) atoms. The molecule has 1 atom stereocenters. The zero-order chi connectivity index (χ0) is 27.1. The van der Waals surface area contributed by atoms with Crippen LogP contribution >= 0.6 is 0 Å². The van der Waals surface area contributed by atoms with Crippen LogP contribution in [0.25, 0.3) is 0 Å². The summed E-state index contributed by atoms with van der Waals surface area (Å²) >= 11 is 0.